The molecule has 2 N–H and O–H groups in total. The SMILES string of the molecule is CCC(C)NC(=O)C(=O)N1CCCNCC1. The highest BCUT2D eigenvalue weighted by Gasteiger charge is 2.22. The zero-order chi connectivity index (χ0) is 12.0. The fourth-order valence-corrected chi connectivity index (χ4v) is 1.58. The Labute approximate surface area is 96.6 Å². The quantitative estimate of drug-likeness (QED) is 0.638. The van der Waals surface area contributed by atoms with Gasteiger partial charge in [-0.2, -0.15) is 0 Å². The molecule has 1 heterocycles. The van der Waals surface area contributed by atoms with Crippen LogP contribution in [0.1, 0.15) is 26.7 Å². The highest BCUT2D eigenvalue weighted by molar-refractivity contribution is 6.35. The summed E-state index contributed by atoms with van der Waals surface area (Å²) in [6.45, 7) is 6.84. The normalized spacial score (nSPS) is 18.8. The van der Waals surface area contributed by atoms with E-state index in [1.807, 2.05) is 13.8 Å². The largest absolute Gasteiger partial charge is 0.345 e. The summed E-state index contributed by atoms with van der Waals surface area (Å²) in [6.07, 6.45) is 1.74. The average Bonchev–Trinajstić information content (AvgIpc) is 2.56. The van der Waals surface area contributed by atoms with Crippen molar-refractivity contribution in [2.45, 2.75) is 32.7 Å². The van der Waals surface area contributed by atoms with Crippen LogP contribution in [-0.2, 0) is 9.59 Å². The molecule has 0 bridgehead atoms. The van der Waals surface area contributed by atoms with Gasteiger partial charge < -0.3 is 15.5 Å². The van der Waals surface area contributed by atoms with E-state index < -0.39 is 11.8 Å². The molecule has 1 unspecified atom stereocenters. The molecular weight excluding hydrogens is 206 g/mol. The summed E-state index contributed by atoms with van der Waals surface area (Å²) in [5.41, 5.74) is 0. The van der Waals surface area contributed by atoms with E-state index in [0.717, 1.165) is 25.9 Å². The number of carbonyl (C=O) groups excluding carboxylic acids is 2. The number of nitrogens with zero attached hydrogens (tertiary/aromatic N) is 1. The van der Waals surface area contributed by atoms with E-state index in [2.05, 4.69) is 10.6 Å². The summed E-state index contributed by atoms with van der Waals surface area (Å²) in [5.74, 6) is -0.875. The van der Waals surface area contributed by atoms with E-state index in [4.69, 9.17) is 0 Å². The molecule has 2 amide bonds. The first-order valence-electron chi connectivity index (χ1n) is 5.95. The first-order chi connectivity index (χ1) is 7.65. The lowest BCUT2D eigenvalue weighted by molar-refractivity contribution is -0.146. The van der Waals surface area contributed by atoms with Gasteiger partial charge in [-0.3, -0.25) is 9.59 Å². The third-order valence-electron chi connectivity index (χ3n) is 2.81. The Morgan fingerprint density at radius 3 is 2.81 bits per heavy atom. The first-order valence-corrected chi connectivity index (χ1v) is 5.95. The van der Waals surface area contributed by atoms with Crippen LogP contribution < -0.4 is 10.6 Å². The van der Waals surface area contributed by atoms with Crippen LogP contribution in [-0.4, -0.2) is 48.9 Å². The average molecular weight is 227 g/mol. The second-order valence-electron chi connectivity index (χ2n) is 4.18. The van der Waals surface area contributed by atoms with E-state index >= 15 is 0 Å². The molecule has 1 aliphatic rings. The van der Waals surface area contributed by atoms with Crippen LogP contribution in [0.5, 0.6) is 0 Å². The molecule has 0 aromatic rings. The maximum absolute atomic E-state index is 11.8. The van der Waals surface area contributed by atoms with Gasteiger partial charge in [-0.1, -0.05) is 6.92 Å². The van der Waals surface area contributed by atoms with Gasteiger partial charge in [0.2, 0.25) is 0 Å². The lowest BCUT2D eigenvalue weighted by atomic mass is 10.2. The molecule has 0 aromatic carbocycles. The molecule has 5 nitrogen and oxygen atoms in total. The maximum atomic E-state index is 11.8. The molecular formula is C11H21N3O2. The molecule has 0 aliphatic carbocycles. The molecule has 16 heavy (non-hydrogen) atoms. The zero-order valence-electron chi connectivity index (χ0n) is 10.1. The Morgan fingerprint density at radius 2 is 2.12 bits per heavy atom. The smallest absolute Gasteiger partial charge is 0.311 e. The van der Waals surface area contributed by atoms with Crippen molar-refractivity contribution >= 4 is 11.8 Å². The molecule has 0 aromatic heterocycles. The minimum atomic E-state index is -0.476. The van der Waals surface area contributed by atoms with Gasteiger partial charge in [0.1, 0.15) is 0 Å². The number of amides is 2. The number of hydrogen-bond donors (Lipinski definition) is 2. The summed E-state index contributed by atoms with van der Waals surface area (Å²) in [6, 6.07) is 0.0570. The topological polar surface area (TPSA) is 61.4 Å². The predicted octanol–water partition coefficient (Wildman–Crippen LogP) is -0.277. The van der Waals surface area contributed by atoms with Crippen molar-refractivity contribution in [3.63, 3.8) is 0 Å². The standard InChI is InChI=1S/C11H21N3O2/c1-3-9(2)13-10(15)11(16)14-7-4-5-12-6-8-14/h9,12H,3-8H2,1-2H3,(H,13,15). The Balaban J connectivity index is 2.45. The lowest BCUT2D eigenvalue weighted by Gasteiger charge is -2.20. The summed E-state index contributed by atoms with van der Waals surface area (Å²) in [5, 5.41) is 5.89. The van der Waals surface area contributed by atoms with Gasteiger partial charge in [0.25, 0.3) is 0 Å². The van der Waals surface area contributed by atoms with Gasteiger partial charge in [-0.15, -0.1) is 0 Å². The second kappa shape index (κ2) is 6.48. The molecule has 1 rings (SSSR count). The van der Waals surface area contributed by atoms with E-state index in [9.17, 15) is 9.59 Å². The summed E-state index contributed by atoms with van der Waals surface area (Å²) < 4.78 is 0. The summed E-state index contributed by atoms with van der Waals surface area (Å²) >= 11 is 0. The second-order valence-corrected chi connectivity index (χ2v) is 4.18. The molecule has 92 valence electrons. The number of hydrogen-bond acceptors (Lipinski definition) is 3. The van der Waals surface area contributed by atoms with E-state index in [1.165, 1.54) is 0 Å². The van der Waals surface area contributed by atoms with Crippen molar-refractivity contribution in [2.75, 3.05) is 26.2 Å². The van der Waals surface area contributed by atoms with E-state index in [-0.39, 0.29) is 6.04 Å². The Bertz CT molecular complexity index is 248. The van der Waals surface area contributed by atoms with Crippen LogP contribution in [0.2, 0.25) is 0 Å². The predicted molar refractivity (Wildman–Crippen MR) is 62.0 cm³/mol. The van der Waals surface area contributed by atoms with Crippen LogP contribution in [0.4, 0.5) is 0 Å². The third kappa shape index (κ3) is 3.81. The molecule has 1 atom stereocenters. The highest BCUT2D eigenvalue weighted by Crippen LogP contribution is 1.97. The Hall–Kier alpha value is -1.10. The molecule has 1 fully saturated rings. The van der Waals surface area contributed by atoms with Gasteiger partial charge in [0.05, 0.1) is 0 Å². The van der Waals surface area contributed by atoms with Gasteiger partial charge in [-0.05, 0) is 26.3 Å². The third-order valence-corrected chi connectivity index (χ3v) is 2.81. The molecule has 0 saturated carbocycles. The fourth-order valence-electron chi connectivity index (χ4n) is 1.58. The van der Waals surface area contributed by atoms with Crippen molar-refractivity contribution in [3.8, 4) is 0 Å². The number of rotatable bonds is 2. The van der Waals surface area contributed by atoms with Crippen molar-refractivity contribution < 1.29 is 9.59 Å². The van der Waals surface area contributed by atoms with E-state index in [1.54, 1.807) is 4.90 Å². The minimum Gasteiger partial charge on any atom is -0.345 e. The maximum Gasteiger partial charge on any atom is 0.311 e. The van der Waals surface area contributed by atoms with Crippen LogP contribution in [0.3, 0.4) is 0 Å². The van der Waals surface area contributed by atoms with Crippen LogP contribution in [0.15, 0.2) is 0 Å². The van der Waals surface area contributed by atoms with Gasteiger partial charge >= 0.3 is 11.8 Å². The van der Waals surface area contributed by atoms with Crippen molar-refractivity contribution in [1.82, 2.24) is 15.5 Å². The minimum absolute atomic E-state index is 0.0570. The fraction of sp³-hybridized carbons (Fsp3) is 0.818. The molecule has 0 radical (unpaired) electrons. The Morgan fingerprint density at radius 1 is 1.38 bits per heavy atom. The lowest BCUT2D eigenvalue weighted by Crippen LogP contribution is -2.46. The number of nitrogens with one attached hydrogen (secondary N) is 2. The van der Waals surface area contributed by atoms with Crippen molar-refractivity contribution in [1.29, 1.82) is 0 Å². The van der Waals surface area contributed by atoms with Gasteiger partial charge in [0, 0.05) is 25.7 Å². The number of carbonyl (C=O) groups is 2. The van der Waals surface area contributed by atoms with Crippen LogP contribution in [0.25, 0.3) is 0 Å². The van der Waals surface area contributed by atoms with Gasteiger partial charge in [0.15, 0.2) is 0 Å². The first kappa shape index (κ1) is 13.0. The monoisotopic (exact) mass is 227 g/mol. The van der Waals surface area contributed by atoms with Crippen molar-refractivity contribution in [2.24, 2.45) is 0 Å². The van der Waals surface area contributed by atoms with E-state index in [0.29, 0.717) is 13.1 Å². The molecule has 0 spiro atoms. The summed E-state index contributed by atoms with van der Waals surface area (Å²) in [4.78, 5) is 25.0. The zero-order valence-corrected chi connectivity index (χ0v) is 10.1. The molecule has 1 aliphatic heterocycles. The molecule has 1 saturated heterocycles. The highest BCUT2D eigenvalue weighted by atomic mass is 16.2. The van der Waals surface area contributed by atoms with Crippen LogP contribution in [0, 0.1) is 0 Å². The molecule has 5 heteroatoms. The van der Waals surface area contributed by atoms with Crippen molar-refractivity contribution in [3.05, 3.63) is 0 Å². The Kier molecular flexibility index (Phi) is 5.25. The van der Waals surface area contributed by atoms with Crippen LogP contribution >= 0.6 is 0 Å². The summed E-state index contributed by atoms with van der Waals surface area (Å²) in [7, 11) is 0. The van der Waals surface area contributed by atoms with Gasteiger partial charge in [-0.25, -0.2) is 0 Å².